The Morgan fingerprint density at radius 1 is 0.820 bits per heavy atom. The Balaban J connectivity index is 1.44. The molecule has 3 unspecified atom stereocenters. The fourth-order valence-corrected chi connectivity index (χ4v) is 7.05. The number of rotatable bonds is 19. The van der Waals surface area contributed by atoms with Crippen LogP contribution in [0.25, 0.3) is 0 Å². The van der Waals surface area contributed by atoms with Gasteiger partial charge in [0.15, 0.2) is 17.9 Å². The molecule has 0 spiro atoms. The van der Waals surface area contributed by atoms with E-state index in [9.17, 15) is 28.8 Å². The molecule has 1 aliphatic rings. The highest BCUT2D eigenvalue weighted by Gasteiger charge is 2.53. The average molecular weight is 851 g/mol. The summed E-state index contributed by atoms with van der Waals surface area (Å²) >= 11 is 6.59. The number of nitrogens with zero attached hydrogens (tertiary/aromatic N) is 2. The number of anilines is 2. The summed E-state index contributed by atoms with van der Waals surface area (Å²) in [7, 11) is 0. The fourth-order valence-electron chi connectivity index (χ4n) is 6.89. The number of nitrogens with one attached hydrogen (secondary N) is 2. The number of carbonyl (C=O) groups excluding carboxylic acids is 6. The van der Waals surface area contributed by atoms with Crippen LogP contribution in [-0.4, -0.2) is 70.6 Å². The van der Waals surface area contributed by atoms with Crippen molar-refractivity contribution < 1.29 is 38.2 Å². The SMILES string of the molecule is CCOC1C(=O)N(C(C(=O)Nc2cc(NC(=O)C(CC)Oc3ccc(C(C)(C)CC)cc3C(C)(C)CC)ccc2Cl)C(=O)c2ccc(C=O)cc2)C(=O)N1Cc1ccccc1. The van der Waals surface area contributed by atoms with E-state index in [4.69, 9.17) is 21.1 Å². The van der Waals surface area contributed by atoms with Crippen molar-refractivity contribution >= 4 is 58.8 Å². The smallest absolute Gasteiger partial charge is 0.330 e. The summed E-state index contributed by atoms with van der Waals surface area (Å²) in [5.74, 6) is -2.68. The molecule has 4 aromatic carbocycles. The Hall–Kier alpha value is -5.85. The Morgan fingerprint density at radius 3 is 2.10 bits per heavy atom. The molecule has 1 heterocycles. The van der Waals surface area contributed by atoms with E-state index in [1.165, 1.54) is 42.0 Å². The van der Waals surface area contributed by atoms with E-state index >= 15 is 0 Å². The van der Waals surface area contributed by atoms with Crippen LogP contribution in [-0.2, 0) is 36.5 Å². The summed E-state index contributed by atoms with van der Waals surface area (Å²) in [5, 5.41) is 5.54. The molecule has 322 valence electrons. The van der Waals surface area contributed by atoms with Crippen molar-refractivity contribution in [3.8, 4) is 5.75 Å². The second kappa shape index (κ2) is 19.7. The molecule has 4 aromatic rings. The molecule has 0 aliphatic carbocycles. The molecule has 0 bridgehead atoms. The highest BCUT2D eigenvalue weighted by Crippen LogP contribution is 2.39. The van der Waals surface area contributed by atoms with Crippen LogP contribution < -0.4 is 15.4 Å². The third kappa shape index (κ3) is 10.4. The summed E-state index contributed by atoms with van der Waals surface area (Å²) in [6.45, 7) is 16.5. The second-order valence-corrected chi connectivity index (χ2v) is 16.7. The minimum Gasteiger partial charge on any atom is -0.480 e. The molecule has 61 heavy (non-hydrogen) atoms. The average Bonchev–Trinajstić information content (AvgIpc) is 3.47. The van der Waals surface area contributed by atoms with Gasteiger partial charge in [-0.05, 0) is 72.4 Å². The fraction of sp³-hybridized carbons (Fsp3) is 0.375. The highest BCUT2D eigenvalue weighted by atomic mass is 35.5. The van der Waals surface area contributed by atoms with Gasteiger partial charge < -0.3 is 20.1 Å². The van der Waals surface area contributed by atoms with Crippen LogP contribution in [0.4, 0.5) is 16.2 Å². The van der Waals surface area contributed by atoms with Crippen molar-refractivity contribution in [1.29, 1.82) is 0 Å². The number of aldehydes is 1. The number of hydrogen-bond donors (Lipinski definition) is 2. The predicted octanol–water partition coefficient (Wildman–Crippen LogP) is 9.34. The molecule has 1 fully saturated rings. The van der Waals surface area contributed by atoms with Gasteiger partial charge in [-0.3, -0.25) is 28.9 Å². The number of urea groups is 1. The molecule has 12 nitrogen and oxygen atoms in total. The third-order valence-corrected chi connectivity index (χ3v) is 11.8. The number of ether oxygens (including phenoxy) is 2. The Kier molecular flexibility index (Phi) is 14.9. The van der Waals surface area contributed by atoms with Crippen LogP contribution in [0.3, 0.4) is 0 Å². The highest BCUT2D eigenvalue weighted by molar-refractivity contribution is 6.34. The van der Waals surface area contributed by atoms with Gasteiger partial charge in [0.25, 0.3) is 17.7 Å². The number of Topliss-reactive ketones (excluding diaryl/α,β-unsaturated/α-hetero) is 1. The van der Waals surface area contributed by atoms with E-state index in [0.29, 0.717) is 28.9 Å². The minimum atomic E-state index is -2.02. The molecular formula is C48H55ClN4O8. The van der Waals surface area contributed by atoms with Gasteiger partial charge in [-0.25, -0.2) is 9.69 Å². The third-order valence-electron chi connectivity index (χ3n) is 11.5. The minimum absolute atomic E-state index is 0.00441. The van der Waals surface area contributed by atoms with Crippen LogP contribution >= 0.6 is 11.6 Å². The standard InChI is InChI=1S/C48H55ClN4O8/c1-9-38(61-39-25-22-33(47(5,6)10-2)26-35(39)48(7,8)11-3)42(56)50-34-23-24-36(49)37(27-34)51-43(57)40(41(55)32-20-18-31(29-54)19-21-32)53-44(58)45(60-12-4)52(46(53)59)28-30-16-14-13-15-17-30/h13-27,29,38,40,45H,9-12,28H2,1-8H3,(H,50,56)(H,51,57). The first-order chi connectivity index (χ1) is 29.0. The molecule has 5 rings (SSSR count). The molecule has 0 radical (unpaired) electrons. The van der Waals surface area contributed by atoms with Crippen LogP contribution in [0.1, 0.15) is 112 Å². The molecule has 0 saturated carbocycles. The van der Waals surface area contributed by atoms with Gasteiger partial charge >= 0.3 is 6.03 Å². The van der Waals surface area contributed by atoms with Gasteiger partial charge in [0.2, 0.25) is 6.23 Å². The zero-order chi connectivity index (χ0) is 44.6. The lowest BCUT2D eigenvalue weighted by molar-refractivity contribution is -0.144. The summed E-state index contributed by atoms with van der Waals surface area (Å²) in [5.41, 5.74) is 3.08. The summed E-state index contributed by atoms with van der Waals surface area (Å²) in [6, 6.07) is 22.0. The van der Waals surface area contributed by atoms with E-state index in [1.54, 1.807) is 43.3 Å². The first-order valence-corrected chi connectivity index (χ1v) is 21.0. The van der Waals surface area contributed by atoms with Crippen LogP contribution in [0.5, 0.6) is 5.75 Å². The van der Waals surface area contributed by atoms with Gasteiger partial charge in [-0.15, -0.1) is 0 Å². The van der Waals surface area contributed by atoms with E-state index in [2.05, 4.69) is 58.2 Å². The molecule has 0 aromatic heterocycles. The zero-order valence-electron chi connectivity index (χ0n) is 36.0. The van der Waals surface area contributed by atoms with Crippen LogP contribution in [0.15, 0.2) is 91.0 Å². The first kappa shape index (κ1) is 46.2. The number of ketones is 1. The predicted molar refractivity (Wildman–Crippen MR) is 236 cm³/mol. The van der Waals surface area contributed by atoms with Crippen LogP contribution in [0, 0.1) is 0 Å². The molecule has 1 saturated heterocycles. The number of carbonyl (C=O) groups is 6. The Morgan fingerprint density at radius 2 is 1.49 bits per heavy atom. The Bertz CT molecular complexity index is 2260. The summed E-state index contributed by atoms with van der Waals surface area (Å²) in [6.07, 6.45) is 0.433. The molecule has 2 N–H and O–H groups in total. The van der Waals surface area contributed by atoms with Gasteiger partial charge in [-0.2, -0.15) is 0 Å². The van der Waals surface area contributed by atoms with Crippen molar-refractivity contribution in [1.82, 2.24) is 9.80 Å². The largest absolute Gasteiger partial charge is 0.480 e. The van der Waals surface area contributed by atoms with Crippen molar-refractivity contribution in [2.75, 3.05) is 17.2 Å². The van der Waals surface area contributed by atoms with E-state index < -0.39 is 47.9 Å². The lowest BCUT2D eigenvalue weighted by Crippen LogP contribution is -2.52. The summed E-state index contributed by atoms with van der Waals surface area (Å²) in [4.78, 5) is 83.8. The van der Waals surface area contributed by atoms with Crippen molar-refractivity contribution in [2.45, 2.75) is 110 Å². The number of amides is 5. The quantitative estimate of drug-likeness (QED) is 0.0410. The molecular weight excluding hydrogens is 796 g/mol. The van der Waals surface area contributed by atoms with Crippen molar-refractivity contribution in [3.63, 3.8) is 0 Å². The van der Waals surface area contributed by atoms with E-state index in [0.717, 1.165) is 23.3 Å². The zero-order valence-corrected chi connectivity index (χ0v) is 36.8. The molecule has 1 aliphatic heterocycles. The number of benzene rings is 4. The molecule has 13 heteroatoms. The van der Waals surface area contributed by atoms with E-state index in [-0.39, 0.29) is 51.5 Å². The lowest BCUT2D eigenvalue weighted by Gasteiger charge is -2.31. The molecule has 5 amide bonds. The topological polar surface area (TPSA) is 151 Å². The first-order valence-electron chi connectivity index (χ1n) is 20.6. The maximum absolute atomic E-state index is 14.4. The number of halogens is 1. The maximum Gasteiger partial charge on any atom is 0.330 e. The van der Waals surface area contributed by atoms with Gasteiger partial charge in [0, 0.05) is 29.0 Å². The van der Waals surface area contributed by atoms with Crippen molar-refractivity contribution in [2.24, 2.45) is 0 Å². The maximum atomic E-state index is 14.4. The second-order valence-electron chi connectivity index (χ2n) is 16.3. The normalized spacial score (nSPS) is 15.3. The van der Waals surface area contributed by atoms with Gasteiger partial charge in [0.05, 0.1) is 17.3 Å². The lowest BCUT2D eigenvalue weighted by atomic mass is 9.76. The van der Waals surface area contributed by atoms with Crippen molar-refractivity contribution in [3.05, 3.63) is 124 Å². The van der Waals surface area contributed by atoms with Crippen LogP contribution in [0.2, 0.25) is 5.02 Å². The monoisotopic (exact) mass is 850 g/mol. The Labute approximate surface area is 362 Å². The number of imide groups is 1. The summed E-state index contributed by atoms with van der Waals surface area (Å²) < 4.78 is 12.2. The number of hydrogen-bond acceptors (Lipinski definition) is 8. The van der Waals surface area contributed by atoms with Gasteiger partial charge in [-0.1, -0.05) is 127 Å². The van der Waals surface area contributed by atoms with E-state index in [1.807, 2.05) is 19.1 Å². The van der Waals surface area contributed by atoms with Gasteiger partial charge in [0.1, 0.15) is 12.0 Å². The molecule has 3 atom stereocenters.